The fourth-order valence-corrected chi connectivity index (χ4v) is 3.71. The molecule has 1 saturated heterocycles. The van der Waals surface area contributed by atoms with Crippen LogP contribution in [0.4, 0.5) is 0 Å². The zero-order valence-electron chi connectivity index (χ0n) is 15.0. The van der Waals surface area contributed by atoms with Gasteiger partial charge in [0.05, 0.1) is 17.1 Å². The van der Waals surface area contributed by atoms with Crippen molar-refractivity contribution in [3.8, 4) is 0 Å². The number of carbonyl (C=O) groups is 1. The van der Waals surface area contributed by atoms with E-state index in [2.05, 4.69) is 30.9 Å². The van der Waals surface area contributed by atoms with Crippen molar-refractivity contribution < 1.29 is 4.79 Å². The van der Waals surface area contributed by atoms with Crippen LogP contribution in [0.2, 0.25) is 0 Å². The number of amides is 1. The van der Waals surface area contributed by atoms with E-state index in [1.54, 1.807) is 6.20 Å². The molecule has 1 amide bonds. The summed E-state index contributed by atoms with van der Waals surface area (Å²) in [6.45, 7) is 9.51. The Morgan fingerprint density at radius 1 is 1.46 bits per heavy atom. The molecule has 0 spiro atoms. The minimum atomic E-state index is 0.0517. The molecule has 2 aromatic rings. The number of hydrogen-bond donors (Lipinski definition) is 1. The molecule has 6 heteroatoms. The van der Waals surface area contributed by atoms with Crippen LogP contribution in [-0.2, 0) is 0 Å². The molecule has 6 nitrogen and oxygen atoms in total. The third-order valence-electron chi connectivity index (χ3n) is 5.03. The smallest absolute Gasteiger partial charge is 0.255 e. The number of hydrogen-bond acceptors (Lipinski definition) is 4. The molecule has 0 bridgehead atoms. The highest BCUT2D eigenvalue weighted by molar-refractivity contribution is 6.05. The Kier molecular flexibility index (Phi) is 4.58. The number of carbonyl (C=O) groups excluding carboxylic acids is 1. The maximum Gasteiger partial charge on any atom is 0.255 e. The summed E-state index contributed by atoms with van der Waals surface area (Å²) < 4.78 is 1.87. The highest BCUT2D eigenvalue weighted by Crippen LogP contribution is 2.27. The van der Waals surface area contributed by atoms with E-state index in [0.717, 1.165) is 36.1 Å². The van der Waals surface area contributed by atoms with Gasteiger partial charge in [-0.15, -0.1) is 0 Å². The number of nitrogens with zero attached hydrogens (tertiary/aromatic N) is 4. The fourth-order valence-electron chi connectivity index (χ4n) is 3.71. The summed E-state index contributed by atoms with van der Waals surface area (Å²) in [5.41, 5.74) is 8.27. The molecular weight excluding hydrogens is 302 g/mol. The Bertz CT molecular complexity index is 751. The van der Waals surface area contributed by atoms with E-state index in [1.807, 2.05) is 22.6 Å². The molecule has 2 N–H and O–H groups in total. The van der Waals surface area contributed by atoms with E-state index in [1.165, 1.54) is 0 Å². The average molecular weight is 329 g/mol. The van der Waals surface area contributed by atoms with Crippen LogP contribution in [-0.4, -0.2) is 44.7 Å². The van der Waals surface area contributed by atoms with Gasteiger partial charge in [0.1, 0.15) is 0 Å². The Morgan fingerprint density at radius 2 is 2.21 bits per heavy atom. The van der Waals surface area contributed by atoms with Crippen LogP contribution in [0.3, 0.4) is 0 Å². The Morgan fingerprint density at radius 3 is 2.88 bits per heavy atom. The van der Waals surface area contributed by atoms with Crippen molar-refractivity contribution in [3.63, 3.8) is 0 Å². The number of rotatable bonds is 3. The molecule has 1 fully saturated rings. The molecule has 24 heavy (non-hydrogen) atoms. The second-order valence-corrected chi connectivity index (χ2v) is 7.15. The van der Waals surface area contributed by atoms with Gasteiger partial charge < -0.3 is 10.6 Å². The molecule has 0 radical (unpaired) electrons. The number of aryl methyl sites for hydroxylation is 1. The van der Waals surface area contributed by atoms with Crippen LogP contribution < -0.4 is 5.73 Å². The van der Waals surface area contributed by atoms with Crippen molar-refractivity contribution in [1.29, 1.82) is 0 Å². The summed E-state index contributed by atoms with van der Waals surface area (Å²) in [6, 6.07) is 2.19. The normalized spacial score (nSPS) is 21.7. The molecular formula is C18H27N5O. The number of nitrogens with two attached hydrogens (primary N) is 1. The third kappa shape index (κ3) is 2.79. The van der Waals surface area contributed by atoms with Gasteiger partial charge in [-0.05, 0) is 45.6 Å². The lowest BCUT2D eigenvalue weighted by Crippen LogP contribution is -2.51. The van der Waals surface area contributed by atoms with Crippen molar-refractivity contribution in [3.05, 3.63) is 23.5 Å². The zero-order chi connectivity index (χ0) is 17.4. The van der Waals surface area contributed by atoms with E-state index in [0.29, 0.717) is 18.0 Å². The number of fused-ring (bicyclic) bond motifs is 1. The van der Waals surface area contributed by atoms with Gasteiger partial charge in [0, 0.05) is 30.9 Å². The molecule has 0 saturated carbocycles. The van der Waals surface area contributed by atoms with Crippen LogP contribution in [0.15, 0.2) is 12.3 Å². The SMILES string of the molecule is Cc1cc(C(=O)N2CCC[C@@H](C)[C@@H]2CN)c2cnn(C(C)C)c2n1. The second-order valence-electron chi connectivity index (χ2n) is 7.15. The van der Waals surface area contributed by atoms with Gasteiger partial charge in [-0.3, -0.25) is 4.79 Å². The van der Waals surface area contributed by atoms with Crippen molar-refractivity contribution in [2.45, 2.75) is 52.6 Å². The van der Waals surface area contributed by atoms with Gasteiger partial charge in [0.15, 0.2) is 5.65 Å². The molecule has 1 aliphatic heterocycles. The molecule has 0 unspecified atom stereocenters. The van der Waals surface area contributed by atoms with E-state index in [4.69, 9.17) is 5.73 Å². The minimum Gasteiger partial charge on any atom is -0.334 e. The fraction of sp³-hybridized carbons (Fsp3) is 0.611. The van der Waals surface area contributed by atoms with Crippen molar-refractivity contribution >= 4 is 16.9 Å². The lowest BCUT2D eigenvalue weighted by atomic mass is 9.90. The highest BCUT2D eigenvalue weighted by atomic mass is 16.2. The van der Waals surface area contributed by atoms with E-state index in [-0.39, 0.29) is 18.0 Å². The van der Waals surface area contributed by atoms with Gasteiger partial charge in [-0.2, -0.15) is 5.10 Å². The summed E-state index contributed by atoms with van der Waals surface area (Å²) in [5, 5.41) is 5.26. The predicted octanol–water partition coefficient (Wildman–Crippen LogP) is 2.52. The summed E-state index contributed by atoms with van der Waals surface area (Å²) >= 11 is 0. The van der Waals surface area contributed by atoms with Gasteiger partial charge in [-0.1, -0.05) is 6.92 Å². The summed E-state index contributed by atoms with van der Waals surface area (Å²) in [7, 11) is 0. The molecule has 1 aliphatic rings. The highest BCUT2D eigenvalue weighted by Gasteiger charge is 2.32. The first-order chi connectivity index (χ1) is 11.4. The van der Waals surface area contributed by atoms with Gasteiger partial charge in [-0.25, -0.2) is 9.67 Å². The summed E-state index contributed by atoms with van der Waals surface area (Å²) in [5.74, 6) is 0.486. The molecule has 3 rings (SSSR count). The van der Waals surface area contributed by atoms with Gasteiger partial charge in [0.25, 0.3) is 5.91 Å². The molecule has 2 atom stereocenters. The van der Waals surface area contributed by atoms with E-state index in [9.17, 15) is 4.79 Å². The predicted molar refractivity (Wildman–Crippen MR) is 94.9 cm³/mol. The molecule has 0 aromatic carbocycles. The third-order valence-corrected chi connectivity index (χ3v) is 5.03. The van der Waals surface area contributed by atoms with Crippen LogP contribution in [0.5, 0.6) is 0 Å². The largest absolute Gasteiger partial charge is 0.334 e. The Labute approximate surface area is 143 Å². The first-order valence-electron chi connectivity index (χ1n) is 8.80. The topological polar surface area (TPSA) is 77.0 Å². The maximum atomic E-state index is 13.3. The standard InChI is InChI=1S/C18H27N5O/c1-11(2)23-17-15(10-20-23)14(8-13(4)21-17)18(24)22-7-5-6-12(3)16(22)9-19/h8,10-12,16H,5-7,9,19H2,1-4H3/t12-,16+/m1/s1. The van der Waals surface area contributed by atoms with E-state index < -0.39 is 0 Å². The first kappa shape index (κ1) is 16.9. The van der Waals surface area contributed by atoms with Gasteiger partial charge >= 0.3 is 0 Å². The lowest BCUT2D eigenvalue weighted by molar-refractivity contribution is 0.0534. The van der Waals surface area contributed by atoms with Crippen LogP contribution >= 0.6 is 0 Å². The maximum absolute atomic E-state index is 13.3. The number of piperidine rings is 1. The van der Waals surface area contributed by atoms with Crippen molar-refractivity contribution in [2.75, 3.05) is 13.1 Å². The number of aromatic nitrogens is 3. The average Bonchev–Trinajstić information content (AvgIpc) is 2.97. The Balaban J connectivity index is 2.06. The molecule has 130 valence electrons. The second kappa shape index (κ2) is 6.51. The Hall–Kier alpha value is -1.95. The molecule has 2 aromatic heterocycles. The van der Waals surface area contributed by atoms with Crippen LogP contribution in [0, 0.1) is 12.8 Å². The molecule has 3 heterocycles. The molecule has 0 aliphatic carbocycles. The lowest BCUT2D eigenvalue weighted by Gasteiger charge is -2.39. The summed E-state index contributed by atoms with van der Waals surface area (Å²) in [4.78, 5) is 19.8. The zero-order valence-corrected chi connectivity index (χ0v) is 15.0. The van der Waals surface area contributed by atoms with Gasteiger partial charge in [0.2, 0.25) is 0 Å². The first-order valence-corrected chi connectivity index (χ1v) is 8.80. The quantitative estimate of drug-likeness (QED) is 0.938. The van der Waals surface area contributed by atoms with E-state index >= 15 is 0 Å². The van der Waals surface area contributed by atoms with Crippen LogP contribution in [0.1, 0.15) is 55.7 Å². The van der Waals surface area contributed by atoms with Crippen molar-refractivity contribution in [1.82, 2.24) is 19.7 Å². The number of likely N-dealkylation sites (tertiary alicyclic amines) is 1. The van der Waals surface area contributed by atoms with Crippen molar-refractivity contribution in [2.24, 2.45) is 11.7 Å². The monoisotopic (exact) mass is 329 g/mol. The minimum absolute atomic E-state index is 0.0517. The number of pyridine rings is 1. The summed E-state index contributed by atoms with van der Waals surface area (Å²) in [6.07, 6.45) is 3.92. The van der Waals surface area contributed by atoms with Crippen LogP contribution in [0.25, 0.3) is 11.0 Å².